The predicted octanol–water partition coefficient (Wildman–Crippen LogP) is 0.583. The summed E-state index contributed by atoms with van der Waals surface area (Å²) in [6.45, 7) is 1.33. The molecule has 1 aliphatic carbocycles. The molecule has 0 aromatic heterocycles. The summed E-state index contributed by atoms with van der Waals surface area (Å²) >= 11 is 0. The first-order chi connectivity index (χ1) is 11.1. The summed E-state index contributed by atoms with van der Waals surface area (Å²) in [5.41, 5.74) is 6.11. The Bertz CT molecular complexity index is 559. The highest BCUT2D eigenvalue weighted by Gasteiger charge is 2.36. The lowest BCUT2D eigenvalue weighted by Crippen LogP contribution is -2.41. The van der Waals surface area contributed by atoms with Crippen LogP contribution in [0.5, 0.6) is 0 Å². The highest BCUT2D eigenvalue weighted by Crippen LogP contribution is 2.28. The van der Waals surface area contributed by atoms with Crippen molar-refractivity contribution in [3.8, 4) is 0 Å². The number of benzene rings is 1. The number of nitrogens with two attached hydrogens (primary N) is 1. The molecule has 1 saturated heterocycles. The molecular weight excluding hydrogens is 294 g/mol. The molecule has 1 aliphatic heterocycles. The SMILES string of the molecule is NC(=O)CO[C@@H]1CCN([C@@H](C(=O)NC2CC2)c2ccccc2)C1. The summed E-state index contributed by atoms with van der Waals surface area (Å²) in [6.07, 6.45) is 2.88. The molecule has 0 spiro atoms. The second-order valence-corrected chi connectivity index (χ2v) is 6.28. The maximum atomic E-state index is 12.7. The fourth-order valence-corrected chi connectivity index (χ4v) is 3.00. The standard InChI is InChI=1S/C17H23N3O3/c18-15(21)11-23-14-8-9-20(10-14)16(12-4-2-1-3-5-12)17(22)19-13-6-7-13/h1-5,13-14,16H,6-11H2,(H2,18,21)(H,19,22)/t14-,16-/m1/s1. The second-order valence-electron chi connectivity index (χ2n) is 6.28. The van der Waals surface area contributed by atoms with E-state index in [0.29, 0.717) is 12.6 Å². The van der Waals surface area contributed by atoms with Crippen LogP contribution in [-0.2, 0) is 14.3 Å². The third kappa shape index (κ3) is 4.30. The lowest BCUT2D eigenvalue weighted by molar-refractivity contribution is -0.127. The third-order valence-electron chi connectivity index (χ3n) is 4.29. The Labute approximate surface area is 136 Å². The molecule has 2 fully saturated rings. The summed E-state index contributed by atoms with van der Waals surface area (Å²) < 4.78 is 5.51. The molecule has 1 saturated carbocycles. The van der Waals surface area contributed by atoms with Crippen molar-refractivity contribution in [1.29, 1.82) is 0 Å². The average molecular weight is 317 g/mol. The quantitative estimate of drug-likeness (QED) is 0.770. The van der Waals surface area contributed by atoms with Gasteiger partial charge in [-0.15, -0.1) is 0 Å². The van der Waals surface area contributed by atoms with Crippen molar-refractivity contribution in [3.05, 3.63) is 35.9 Å². The van der Waals surface area contributed by atoms with Gasteiger partial charge in [0, 0.05) is 19.1 Å². The molecule has 6 nitrogen and oxygen atoms in total. The van der Waals surface area contributed by atoms with E-state index in [1.165, 1.54) is 0 Å². The highest BCUT2D eigenvalue weighted by molar-refractivity contribution is 5.83. The van der Waals surface area contributed by atoms with E-state index in [0.717, 1.165) is 31.4 Å². The fourth-order valence-electron chi connectivity index (χ4n) is 3.00. The van der Waals surface area contributed by atoms with Crippen molar-refractivity contribution >= 4 is 11.8 Å². The van der Waals surface area contributed by atoms with Gasteiger partial charge in [-0.1, -0.05) is 30.3 Å². The summed E-state index contributed by atoms with van der Waals surface area (Å²) in [6, 6.07) is 9.83. The van der Waals surface area contributed by atoms with Gasteiger partial charge < -0.3 is 15.8 Å². The molecule has 3 rings (SSSR count). The maximum Gasteiger partial charge on any atom is 0.243 e. The van der Waals surface area contributed by atoms with Crippen LogP contribution in [-0.4, -0.2) is 48.6 Å². The van der Waals surface area contributed by atoms with Crippen LogP contribution >= 0.6 is 0 Å². The number of amides is 2. The smallest absolute Gasteiger partial charge is 0.243 e. The number of hydrogen-bond acceptors (Lipinski definition) is 4. The van der Waals surface area contributed by atoms with E-state index in [1.807, 2.05) is 30.3 Å². The van der Waals surface area contributed by atoms with Crippen molar-refractivity contribution < 1.29 is 14.3 Å². The van der Waals surface area contributed by atoms with Crippen molar-refractivity contribution in [2.45, 2.75) is 37.5 Å². The Hall–Kier alpha value is -1.92. The van der Waals surface area contributed by atoms with Crippen molar-refractivity contribution in [1.82, 2.24) is 10.2 Å². The molecule has 3 N–H and O–H groups in total. The van der Waals surface area contributed by atoms with Gasteiger partial charge in [0.1, 0.15) is 12.6 Å². The minimum Gasteiger partial charge on any atom is -0.368 e. The maximum absolute atomic E-state index is 12.7. The van der Waals surface area contributed by atoms with Gasteiger partial charge in [-0.2, -0.15) is 0 Å². The largest absolute Gasteiger partial charge is 0.368 e. The van der Waals surface area contributed by atoms with E-state index in [-0.39, 0.29) is 24.7 Å². The molecule has 0 unspecified atom stereocenters. The van der Waals surface area contributed by atoms with Gasteiger partial charge in [-0.3, -0.25) is 14.5 Å². The number of hydrogen-bond donors (Lipinski definition) is 2. The van der Waals surface area contributed by atoms with Gasteiger partial charge in [0.05, 0.1) is 6.10 Å². The van der Waals surface area contributed by atoms with E-state index in [4.69, 9.17) is 10.5 Å². The Kier molecular flexibility index (Phi) is 4.93. The van der Waals surface area contributed by atoms with Gasteiger partial charge in [0.15, 0.2) is 0 Å². The van der Waals surface area contributed by atoms with Crippen LogP contribution in [0.1, 0.15) is 30.9 Å². The zero-order valence-electron chi connectivity index (χ0n) is 13.1. The minimum atomic E-state index is -0.463. The molecule has 1 heterocycles. The molecule has 0 radical (unpaired) electrons. The zero-order chi connectivity index (χ0) is 16.2. The number of ether oxygens (including phenoxy) is 1. The number of carbonyl (C=O) groups excluding carboxylic acids is 2. The van der Waals surface area contributed by atoms with Crippen molar-refractivity contribution in [2.24, 2.45) is 5.73 Å². The predicted molar refractivity (Wildman–Crippen MR) is 85.5 cm³/mol. The third-order valence-corrected chi connectivity index (χ3v) is 4.29. The number of nitrogens with zero attached hydrogens (tertiary/aromatic N) is 1. The van der Waals surface area contributed by atoms with E-state index >= 15 is 0 Å². The lowest BCUT2D eigenvalue weighted by Gasteiger charge is -2.27. The Morgan fingerprint density at radius 2 is 2.00 bits per heavy atom. The average Bonchev–Trinajstić information content (AvgIpc) is 3.22. The Balaban J connectivity index is 1.68. The van der Waals surface area contributed by atoms with E-state index in [2.05, 4.69) is 10.2 Å². The molecule has 1 aromatic rings. The van der Waals surface area contributed by atoms with Gasteiger partial charge in [-0.25, -0.2) is 0 Å². The minimum absolute atomic E-state index is 0.0502. The van der Waals surface area contributed by atoms with Crippen LogP contribution < -0.4 is 11.1 Å². The summed E-state index contributed by atoms with van der Waals surface area (Å²) in [7, 11) is 0. The number of rotatable bonds is 7. The highest BCUT2D eigenvalue weighted by atomic mass is 16.5. The van der Waals surface area contributed by atoms with Gasteiger partial charge in [-0.05, 0) is 24.8 Å². The second kappa shape index (κ2) is 7.10. The molecular formula is C17H23N3O3. The number of carbonyl (C=O) groups is 2. The Morgan fingerprint density at radius 1 is 1.26 bits per heavy atom. The number of nitrogens with one attached hydrogen (secondary N) is 1. The number of primary amides is 1. The van der Waals surface area contributed by atoms with Crippen LogP contribution in [0.15, 0.2) is 30.3 Å². The normalized spacial score (nSPS) is 22.7. The number of likely N-dealkylation sites (tertiary alicyclic amines) is 1. The monoisotopic (exact) mass is 317 g/mol. The molecule has 2 amide bonds. The van der Waals surface area contributed by atoms with Crippen LogP contribution in [0.25, 0.3) is 0 Å². The summed E-state index contributed by atoms with van der Waals surface area (Å²) in [5, 5.41) is 3.10. The first-order valence-electron chi connectivity index (χ1n) is 8.13. The van der Waals surface area contributed by atoms with Crippen LogP contribution in [0.3, 0.4) is 0 Å². The molecule has 23 heavy (non-hydrogen) atoms. The van der Waals surface area contributed by atoms with E-state index in [1.54, 1.807) is 0 Å². The topological polar surface area (TPSA) is 84.7 Å². The van der Waals surface area contributed by atoms with Crippen LogP contribution in [0, 0.1) is 0 Å². The molecule has 0 bridgehead atoms. The van der Waals surface area contributed by atoms with Gasteiger partial charge in [0.2, 0.25) is 11.8 Å². The summed E-state index contributed by atoms with van der Waals surface area (Å²) in [4.78, 5) is 25.7. The first kappa shape index (κ1) is 16.0. The van der Waals surface area contributed by atoms with Crippen LogP contribution in [0.2, 0.25) is 0 Å². The van der Waals surface area contributed by atoms with Gasteiger partial charge in [0.25, 0.3) is 0 Å². The first-order valence-corrected chi connectivity index (χ1v) is 8.13. The van der Waals surface area contributed by atoms with Crippen molar-refractivity contribution in [3.63, 3.8) is 0 Å². The molecule has 6 heteroatoms. The van der Waals surface area contributed by atoms with Crippen LogP contribution in [0.4, 0.5) is 0 Å². The van der Waals surface area contributed by atoms with E-state index < -0.39 is 5.91 Å². The molecule has 1 aromatic carbocycles. The molecule has 124 valence electrons. The Morgan fingerprint density at radius 3 is 2.65 bits per heavy atom. The van der Waals surface area contributed by atoms with Gasteiger partial charge >= 0.3 is 0 Å². The molecule has 2 atom stereocenters. The summed E-state index contributed by atoms with van der Waals surface area (Å²) in [5.74, 6) is -0.413. The fraction of sp³-hybridized carbons (Fsp3) is 0.529. The zero-order valence-corrected chi connectivity index (χ0v) is 13.1. The molecule has 2 aliphatic rings. The van der Waals surface area contributed by atoms with E-state index in [9.17, 15) is 9.59 Å². The van der Waals surface area contributed by atoms with Crippen molar-refractivity contribution in [2.75, 3.05) is 19.7 Å². The lowest BCUT2D eigenvalue weighted by atomic mass is 10.0.